The summed E-state index contributed by atoms with van der Waals surface area (Å²) >= 11 is 9.67. The van der Waals surface area contributed by atoms with E-state index in [9.17, 15) is 19.5 Å². The van der Waals surface area contributed by atoms with Crippen molar-refractivity contribution < 1.29 is 19.5 Å². The molecular formula is C17H9Br3N2O4. The number of benzene rings is 2. The van der Waals surface area contributed by atoms with Crippen molar-refractivity contribution >= 4 is 77.4 Å². The maximum atomic E-state index is 12.8. The largest absolute Gasteiger partial charge is 0.506 e. The maximum Gasteiger partial charge on any atom is 0.335 e. The van der Waals surface area contributed by atoms with Crippen LogP contribution >= 0.6 is 47.8 Å². The van der Waals surface area contributed by atoms with Gasteiger partial charge in [0.1, 0.15) is 11.3 Å². The van der Waals surface area contributed by atoms with Crippen molar-refractivity contribution in [1.82, 2.24) is 5.32 Å². The number of hydrogen-bond donors (Lipinski definition) is 2. The van der Waals surface area contributed by atoms with Crippen LogP contribution in [-0.4, -0.2) is 23.0 Å². The fourth-order valence-electron chi connectivity index (χ4n) is 2.32. The third-order valence-corrected chi connectivity index (χ3v) is 5.27. The highest BCUT2D eigenvalue weighted by Gasteiger charge is 2.36. The van der Waals surface area contributed by atoms with E-state index in [1.54, 1.807) is 36.4 Å². The van der Waals surface area contributed by atoms with Gasteiger partial charge in [0.2, 0.25) is 0 Å². The summed E-state index contributed by atoms with van der Waals surface area (Å²) < 4.78 is 1.57. The third-order valence-electron chi connectivity index (χ3n) is 3.54. The monoisotopic (exact) mass is 542 g/mol. The molecule has 0 aliphatic carbocycles. The Morgan fingerprint density at radius 2 is 1.54 bits per heavy atom. The van der Waals surface area contributed by atoms with Gasteiger partial charge in [-0.05, 0) is 79.9 Å². The number of aromatic hydroxyl groups is 1. The number of phenols is 1. The van der Waals surface area contributed by atoms with Gasteiger partial charge in [0.25, 0.3) is 11.8 Å². The lowest BCUT2D eigenvalue weighted by Gasteiger charge is -2.26. The Labute approximate surface area is 173 Å². The van der Waals surface area contributed by atoms with Crippen LogP contribution in [0.5, 0.6) is 5.75 Å². The summed E-state index contributed by atoms with van der Waals surface area (Å²) in [4.78, 5) is 38.0. The van der Waals surface area contributed by atoms with Crippen molar-refractivity contribution in [3.63, 3.8) is 0 Å². The minimum absolute atomic E-state index is 0.00163. The first-order chi connectivity index (χ1) is 12.3. The van der Waals surface area contributed by atoms with Gasteiger partial charge in [-0.15, -0.1) is 0 Å². The third kappa shape index (κ3) is 3.60. The number of urea groups is 1. The van der Waals surface area contributed by atoms with Crippen molar-refractivity contribution in [3.05, 3.63) is 61.0 Å². The van der Waals surface area contributed by atoms with Gasteiger partial charge in [0.05, 0.1) is 14.6 Å². The van der Waals surface area contributed by atoms with Gasteiger partial charge in [0.15, 0.2) is 0 Å². The lowest BCUT2D eigenvalue weighted by atomic mass is 10.1. The van der Waals surface area contributed by atoms with Crippen LogP contribution in [-0.2, 0) is 9.59 Å². The molecule has 26 heavy (non-hydrogen) atoms. The number of barbiturate groups is 1. The van der Waals surface area contributed by atoms with E-state index in [1.165, 1.54) is 6.08 Å². The molecule has 0 spiro atoms. The van der Waals surface area contributed by atoms with E-state index >= 15 is 0 Å². The van der Waals surface area contributed by atoms with Crippen LogP contribution in [0.3, 0.4) is 0 Å². The van der Waals surface area contributed by atoms with Crippen molar-refractivity contribution in [2.45, 2.75) is 0 Å². The summed E-state index contributed by atoms with van der Waals surface area (Å²) in [5.74, 6) is -1.52. The van der Waals surface area contributed by atoms with E-state index < -0.39 is 17.8 Å². The second-order valence-electron chi connectivity index (χ2n) is 5.27. The van der Waals surface area contributed by atoms with Crippen molar-refractivity contribution in [1.29, 1.82) is 0 Å². The molecule has 2 aromatic rings. The first-order valence-electron chi connectivity index (χ1n) is 7.13. The van der Waals surface area contributed by atoms with Crippen LogP contribution in [0.2, 0.25) is 0 Å². The number of nitrogens with one attached hydrogen (secondary N) is 1. The number of halogens is 3. The van der Waals surface area contributed by atoms with Crippen LogP contribution in [0.1, 0.15) is 5.56 Å². The first-order valence-corrected chi connectivity index (χ1v) is 9.51. The zero-order valence-corrected chi connectivity index (χ0v) is 17.6. The molecule has 0 atom stereocenters. The second kappa shape index (κ2) is 7.34. The molecule has 2 aromatic carbocycles. The molecule has 0 aromatic heterocycles. The molecule has 0 saturated carbocycles. The summed E-state index contributed by atoms with van der Waals surface area (Å²) in [6, 6.07) is 8.83. The smallest absolute Gasteiger partial charge is 0.335 e. The van der Waals surface area contributed by atoms with Gasteiger partial charge in [0, 0.05) is 4.47 Å². The summed E-state index contributed by atoms with van der Waals surface area (Å²) in [6.45, 7) is 0. The number of carbonyl (C=O) groups excluding carboxylic acids is 3. The average molecular weight is 545 g/mol. The molecule has 1 fully saturated rings. The molecule has 132 valence electrons. The normalized spacial score (nSPS) is 16.2. The summed E-state index contributed by atoms with van der Waals surface area (Å²) in [6.07, 6.45) is 1.35. The Balaban J connectivity index is 2.04. The van der Waals surface area contributed by atoms with Crippen LogP contribution in [0.4, 0.5) is 10.5 Å². The van der Waals surface area contributed by atoms with E-state index in [-0.39, 0.29) is 11.3 Å². The van der Waals surface area contributed by atoms with Crippen molar-refractivity contribution in [3.8, 4) is 5.75 Å². The van der Waals surface area contributed by atoms with Crippen molar-refractivity contribution in [2.75, 3.05) is 4.90 Å². The highest BCUT2D eigenvalue weighted by atomic mass is 79.9. The molecule has 0 unspecified atom stereocenters. The second-order valence-corrected chi connectivity index (χ2v) is 7.89. The fraction of sp³-hybridized carbons (Fsp3) is 0. The predicted octanol–water partition coefficient (Wildman–Crippen LogP) is 4.35. The quantitative estimate of drug-likeness (QED) is 0.435. The maximum absolute atomic E-state index is 12.8. The Kier molecular flexibility index (Phi) is 5.31. The Bertz CT molecular complexity index is 947. The number of nitrogens with zero attached hydrogens (tertiary/aromatic N) is 1. The molecule has 1 aliphatic heterocycles. The Hall–Kier alpha value is -1.97. The molecular weight excluding hydrogens is 536 g/mol. The van der Waals surface area contributed by atoms with Crippen LogP contribution < -0.4 is 10.2 Å². The highest BCUT2D eigenvalue weighted by molar-refractivity contribution is 9.11. The molecule has 2 N–H and O–H groups in total. The topological polar surface area (TPSA) is 86.7 Å². The minimum atomic E-state index is -0.812. The number of rotatable bonds is 2. The van der Waals surface area contributed by atoms with Gasteiger partial charge in [-0.25, -0.2) is 9.69 Å². The van der Waals surface area contributed by atoms with Gasteiger partial charge >= 0.3 is 6.03 Å². The van der Waals surface area contributed by atoms with Gasteiger partial charge < -0.3 is 5.11 Å². The highest BCUT2D eigenvalue weighted by Crippen LogP contribution is 2.34. The lowest BCUT2D eigenvalue weighted by molar-refractivity contribution is -0.122. The van der Waals surface area contributed by atoms with Gasteiger partial charge in [-0.3, -0.25) is 14.9 Å². The van der Waals surface area contributed by atoms with Crippen molar-refractivity contribution in [2.24, 2.45) is 0 Å². The molecule has 0 bridgehead atoms. The van der Waals surface area contributed by atoms with E-state index in [4.69, 9.17) is 0 Å². The van der Waals surface area contributed by atoms with Crippen LogP contribution in [0.25, 0.3) is 6.08 Å². The zero-order chi connectivity index (χ0) is 19.0. The van der Waals surface area contributed by atoms with Crippen LogP contribution in [0.15, 0.2) is 55.4 Å². The number of imide groups is 2. The van der Waals surface area contributed by atoms with E-state index in [0.717, 1.165) is 9.37 Å². The molecule has 3 rings (SSSR count). The number of carbonyl (C=O) groups is 3. The summed E-state index contributed by atoms with van der Waals surface area (Å²) in [7, 11) is 0. The number of hydrogen-bond acceptors (Lipinski definition) is 4. The molecule has 1 heterocycles. The number of phenolic OH excluding ortho intramolecular Hbond substituents is 1. The lowest BCUT2D eigenvalue weighted by Crippen LogP contribution is -2.54. The standard InChI is InChI=1S/C17H9Br3N2O4/c18-9-1-3-10(4-2-9)22-16(25)11(15(24)21-17(22)26)5-8-6-12(19)14(23)13(20)7-8/h1-7,23H,(H,21,24,26)/b11-5+. The Morgan fingerprint density at radius 3 is 2.12 bits per heavy atom. The fourth-order valence-corrected chi connectivity index (χ4v) is 3.80. The minimum Gasteiger partial charge on any atom is -0.506 e. The first kappa shape index (κ1) is 18.8. The molecule has 6 nitrogen and oxygen atoms in total. The van der Waals surface area contributed by atoms with Gasteiger partial charge in [-0.2, -0.15) is 0 Å². The molecule has 0 radical (unpaired) electrons. The Morgan fingerprint density at radius 1 is 0.962 bits per heavy atom. The van der Waals surface area contributed by atoms with E-state index in [0.29, 0.717) is 20.2 Å². The average Bonchev–Trinajstić information content (AvgIpc) is 2.58. The van der Waals surface area contributed by atoms with Crippen LogP contribution in [0, 0.1) is 0 Å². The van der Waals surface area contributed by atoms with E-state index in [1.807, 2.05) is 0 Å². The van der Waals surface area contributed by atoms with E-state index in [2.05, 4.69) is 53.1 Å². The number of amides is 4. The SMILES string of the molecule is O=C1NC(=O)N(c2ccc(Br)cc2)C(=O)/C1=C/c1cc(Br)c(O)c(Br)c1. The predicted molar refractivity (Wildman–Crippen MR) is 107 cm³/mol. The number of anilines is 1. The summed E-state index contributed by atoms with van der Waals surface area (Å²) in [5, 5.41) is 11.9. The summed E-state index contributed by atoms with van der Waals surface area (Å²) in [5.41, 5.74) is 0.629. The zero-order valence-electron chi connectivity index (χ0n) is 12.8. The molecule has 4 amide bonds. The molecule has 1 saturated heterocycles. The molecule has 9 heteroatoms. The molecule has 1 aliphatic rings. The van der Waals surface area contributed by atoms with Gasteiger partial charge in [-0.1, -0.05) is 15.9 Å².